The van der Waals surface area contributed by atoms with E-state index in [2.05, 4.69) is 45.1 Å². The molecule has 6 atom stereocenters. The number of rotatable bonds is 2. The highest BCUT2D eigenvalue weighted by atomic mass is 16.1. The van der Waals surface area contributed by atoms with E-state index in [1.807, 2.05) is 4.68 Å². The van der Waals surface area contributed by atoms with Crippen molar-refractivity contribution in [3.05, 3.63) is 23.0 Å². The molecule has 4 fully saturated rings. The second-order valence-electron chi connectivity index (χ2n) is 11.1. The van der Waals surface area contributed by atoms with Gasteiger partial charge in [0.25, 0.3) is 0 Å². The first-order chi connectivity index (χ1) is 13.9. The summed E-state index contributed by atoms with van der Waals surface area (Å²) in [5.41, 5.74) is 3.67. The number of ketones is 1. The van der Waals surface area contributed by atoms with Crippen molar-refractivity contribution in [1.29, 1.82) is 0 Å². The molecule has 4 saturated carbocycles. The molecule has 1 heterocycles. The van der Waals surface area contributed by atoms with Crippen LogP contribution < -0.4 is 0 Å². The summed E-state index contributed by atoms with van der Waals surface area (Å²) in [4.78, 5) is 13.6. The molecule has 0 unspecified atom stereocenters. The van der Waals surface area contributed by atoms with Gasteiger partial charge in [0.15, 0.2) is 5.78 Å². The molecule has 0 radical (unpaired) electrons. The number of hydrogen-bond acceptors (Lipinski definition) is 2. The third-order valence-electron chi connectivity index (χ3n) is 9.86. The fourth-order valence-electron chi connectivity index (χ4n) is 8.12. The van der Waals surface area contributed by atoms with Crippen molar-refractivity contribution in [2.75, 3.05) is 0 Å². The van der Waals surface area contributed by atoms with Gasteiger partial charge in [-0.2, -0.15) is 5.10 Å². The van der Waals surface area contributed by atoms with E-state index >= 15 is 0 Å². The third kappa shape index (κ3) is 2.82. The first-order valence-electron chi connectivity index (χ1n) is 12.2. The van der Waals surface area contributed by atoms with Gasteiger partial charge in [-0.05, 0) is 99.5 Å². The summed E-state index contributed by atoms with van der Waals surface area (Å²) in [6, 6.07) is 0. The van der Waals surface area contributed by atoms with Crippen LogP contribution in [0.5, 0.6) is 0 Å². The van der Waals surface area contributed by atoms with Crippen molar-refractivity contribution in [2.45, 2.75) is 92.0 Å². The lowest BCUT2D eigenvalue weighted by atomic mass is 9.45. The molecule has 1 aromatic rings. The Morgan fingerprint density at radius 2 is 1.97 bits per heavy atom. The van der Waals surface area contributed by atoms with Crippen LogP contribution in [-0.2, 0) is 11.3 Å². The monoisotopic (exact) mass is 394 g/mol. The molecule has 158 valence electrons. The van der Waals surface area contributed by atoms with Gasteiger partial charge in [0.05, 0.1) is 5.69 Å². The lowest BCUT2D eigenvalue weighted by molar-refractivity contribution is -0.137. The molecule has 1 aromatic heterocycles. The third-order valence-corrected chi connectivity index (χ3v) is 9.86. The largest absolute Gasteiger partial charge is 0.294 e. The van der Waals surface area contributed by atoms with E-state index in [0.717, 1.165) is 54.0 Å². The summed E-state index contributed by atoms with van der Waals surface area (Å²) in [5, 5.41) is 4.58. The normalized spacial score (nSPS) is 43.2. The van der Waals surface area contributed by atoms with Crippen LogP contribution in [-0.4, -0.2) is 15.6 Å². The Kier molecular flexibility index (Phi) is 4.60. The van der Waals surface area contributed by atoms with Crippen LogP contribution in [0.2, 0.25) is 0 Å². The molecule has 0 bridgehead atoms. The minimum absolute atomic E-state index is 0.125. The minimum atomic E-state index is -0.125. The Balaban J connectivity index is 1.46. The Bertz CT molecular complexity index is 851. The molecular formula is C26H38N2O. The van der Waals surface area contributed by atoms with Crippen molar-refractivity contribution in [3.8, 4) is 0 Å². The van der Waals surface area contributed by atoms with Crippen LogP contribution >= 0.6 is 0 Å². The summed E-state index contributed by atoms with van der Waals surface area (Å²) < 4.78 is 1.98. The van der Waals surface area contributed by atoms with E-state index in [-0.39, 0.29) is 5.41 Å². The quantitative estimate of drug-likeness (QED) is 0.559. The van der Waals surface area contributed by atoms with Crippen molar-refractivity contribution in [3.63, 3.8) is 0 Å². The first kappa shape index (κ1) is 19.6. The first-order valence-corrected chi connectivity index (χ1v) is 12.2. The maximum Gasteiger partial charge on any atom is 0.165 e. The van der Waals surface area contributed by atoms with Gasteiger partial charge in [0, 0.05) is 23.7 Å². The molecule has 3 heteroatoms. The highest BCUT2D eigenvalue weighted by Crippen LogP contribution is 2.66. The van der Waals surface area contributed by atoms with E-state index < -0.39 is 0 Å². The van der Waals surface area contributed by atoms with Crippen LogP contribution in [0.4, 0.5) is 0 Å². The summed E-state index contributed by atoms with van der Waals surface area (Å²) in [6.07, 6.45) is 16.2. The zero-order chi connectivity index (χ0) is 20.4. The molecule has 4 aliphatic carbocycles. The zero-order valence-corrected chi connectivity index (χ0v) is 18.8. The molecule has 0 N–H and O–H groups in total. The number of aromatic nitrogens is 2. The minimum Gasteiger partial charge on any atom is -0.294 e. The van der Waals surface area contributed by atoms with Gasteiger partial charge in [0.2, 0.25) is 0 Å². The lowest BCUT2D eigenvalue weighted by Gasteiger charge is -2.59. The topological polar surface area (TPSA) is 34.9 Å². The van der Waals surface area contributed by atoms with Crippen LogP contribution in [0.1, 0.15) is 89.8 Å². The Morgan fingerprint density at radius 3 is 2.72 bits per heavy atom. The van der Waals surface area contributed by atoms with Crippen LogP contribution in [0, 0.1) is 41.4 Å². The van der Waals surface area contributed by atoms with Gasteiger partial charge in [-0.3, -0.25) is 9.48 Å². The fourth-order valence-corrected chi connectivity index (χ4v) is 8.12. The Hall–Kier alpha value is -1.38. The molecule has 0 spiro atoms. The van der Waals surface area contributed by atoms with Gasteiger partial charge < -0.3 is 0 Å². The highest BCUT2D eigenvalue weighted by molar-refractivity contribution is 6.06. The van der Waals surface area contributed by atoms with E-state index in [9.17, 15) is 4.79 Å². The Morgan fingerprint density at radius 1 is 1.14 bits per heavy atom. The smallest absolute Gasteiger partial charge is 0.165 e. The molecule has 29 heavy (non-hydrogen) atoms. The van der Waals surface area contributed by atoms with Gasteiger partial charge in [-0.25, -0.2) is 0 Å². The van der Waals surface area contributed by atoms with Crippen molar-refractivity contribution >= 4 is 11.9 Å². The average Bonchev–Trinajstić information content (AvgIpc) is 3.19. The maximum absolute atomic E-state index is 13.6. The van der Waals surface area contributed by atoms with E-state index in [1.54, 1.807) is 0 Å². The highest BCUT2D eigenvalue weighted by Gasteiger charge is 2.60. The fraction of sp³-hybridized carbons (Fsp3) is 0.769. The SMILES string of the molecule is CCn1cc(/C=C2/C[C@@H]3[C@@H]4CC[C@@H]5CCCC[C@]5(C)[C@@H]4CC[C@]3(C)C2=O)c(C)n1. The predicted molar refractivity (Wildman–Crippen MR) is 117 cm³/mol. The second-order valence-corrected chi connectivity index (χ2v) is 11.1. The maximum atomic E-state index is 13.6. The molecule has 0 amide bonds. The number of nitrogens with zero attached hydrogens (tertiary/aromatic N) is 2. The molecular weight excluding hydrogens is 356 g/mol. The van der Waals surface area contributed by atoms with Crippen molar-refractivity contribution < 1.29 is 4.79 Å². The number of carbonyl (C=O) groups excluding carboxylic acids is 1. The predicted octanol–water partition coefficient (Wildman–Crippen LogP) is 6.21. The van der Waals surface area contributed by atoms with E-state index in [4.69, 9.17) is 0 Å². The molecule has 4 aliphatic rings. The van der Waals surface area contributed by atoms with Gasteiger partial charge in [0.1, 0.15) is 0 Å². The van der Waals surface area contributed by atoms with Crippen LogP contribution in [0.25, 0.3) is 6.08 Å². The summed E-state index contributed by atoms with van der Waals surface area (Å²) in [5.74, 6) is 3.54. The number of carbonyl (C=O) groups is 1. The number of allylic oxidation sites excluding steroid dienone is 1. The number of fused-ring (bicyclic) bond motifs is 5. The average molecular weight is 395 g/mol. The van der Waals surface area contributed by atoms with E-state index in [1.165, 1.54) is 44.9 Å². The Labute approximate surface area is 176 Å². The number of Topliss-reactive ketones (excluding diaryl/α,β-unsaturated/α-hetero) is 1. The molecule has 0 aliphatic heterocycles. The zero-order valence-electron chi connectivity index (χ0n) is 18.8. The summed E-state index contributed by atoms with van der Waals surface area (Å²) in [7, 11) is 0. The van der Waals surface area contributed by atoms with Gasteiger partial charge in [-0.15, -0.1) is 0 Å². The van der Waals surface area contributed by atoms with Gasteiger partial charge >= 0.3 is 0 Å². The summed E-state index contributed by atoms with van der Waals surface area (Å²) in [6.45, 7) is 9.97. The van der Waals surface area contributed by atoms with Crippen molar-refractivity contribution in [1.82, 2.24) is 9.78 Å². The molecule has 3 nitrogen and oxygen atoms in total. The lowest BCUT2D eigenvalue weighted by Crippen LogP contribution is -2.52. The van der Waals surface area contributed by atoms with Gasteiger partial charge in [-0.1, -0.05) is 26.7 Å². The van der Waals surface area contributed by atoms with Crippen LogP contribution in [0.3, 0.4) is 0 Å². The molecule has 0 aromatic carbocycles. The van der Waals surface area contributed by atoms with Crippen LogP contribution in [0.15, 0.2) is 11.8 Å². The standard InChI is InChI=1S/C26H38N2O/c1-5-28-16-19(17(2)27-28)14-18-15-23-21-10-9-20-8-6-7-12-25(20,3)22(21)11-13-26(23,4)24(18)29/h14,16,20-23H,5-13,15H2,1-4H3/b18-14-/t20-,21+,22+,23+,25-,26-/m0/s1. The van der Waals surface area contributed by atoms with E-state index in [0.29, 0.717) is 17.1 Å². The molecule has 5 rings (SSSR count). The second kappa shape index (κ2) is 6.82. The molecule has 0 saturated heterocycles. The number of aryl methyl sites for hydroxylation is 2. The summed E-state index contributed by atoms with van der Waals surface area (Å²) >= 11 is 0. The number of hydrogen-bond donors (Lipinski definition) is 0. The van der Waals surface area contributed by atoms with Crippen molar-refractivity contribution in [2.24, 2.45) is 34.5 Å².